The SMILES string of the molecule is CC1(C)CCC(C)(C)c2c(N(c3ccc4c(c3)C(C)(C)c3ccccc3-4)c3ccc4c(c3)C3(c5c(cccc5-c5ccccc5)O4)C4CC5CC(C4)CC3C5)cccc21. The van der Waals surface area contributed by atoms with E-state index in [4.69, 9.17) is 4.74 Å². The first-order chi connectivity index (χ1) is 28.4. The summed E-state index contributed by atoms with van der Waals surface area (Å²) in [6, 6.07) is 49.0. The summed E-state index contributed by atoms with van der Waals surface area (Å²) < 4.78 is 7.17. The molecule has 7 aliphatic rings. The summed E-state index contributed by atoms with van der Waals surface area (Å²) >= 11 is 0. The Hall–Kier alpha value is -5.08. The van der Waals surface area contributed by atoms with E-state index >= 15 is 0 Å². The predicted molar refractivity (Wildman–Crippen MR) is 244 cm³/mol. The molecule has 0 amide bonds. The fourth-order valence-corrected chi connectivity index (χ4v) is 14.1. The average molecular weight is 772 g/mol. The summed E-state index contributed by atoms with van der Waals surface area (Å²) in [6.45, 7) is 14.7. The van der Waals surface area contributed by atoms with Gasteiger partial charge in [0.2, 0.25) is 0 Å². The van der Waals surface area contributed by atoms with Crippen molar-refractivity contribution >= 4 is 17.1 Å². The number of benzene rings is 6. The largest absolute Gasteiger partial charge is 0.457 e. The molecule has 13 rings (SSSR count). The lowest BCUT2D eigenvalue weighted by Crippen LogP contribution is -2.57. The normalized spacial score (nSPS) is 26.6. The summed E-state index contributed by atoms with van der Waals surface area (Å²) in [6.07, 6.45) is 9.05. The summed E-state index contributed by atoms with van der Waals surface area (Å²) in [5.41, 5.74) is 17.8. The van der Waals surface area contributed by atoms with E-state index < -0.39 is 0 Å². The minimum atomic E-state index is -0.108. The van der Waals surface area contributed by atoms with Crippen molar-refractivity contribution in [2.24, 2.45) is 23.7 Å². The van der Waals surface area contributed by atoms with Gasteiger partial charge in [-0.25, -0.2) is 0 Å². The van der Waals surface area contributed by atoms with E-state index in [9.17, 15) is 0 Å². The van der Waals surface area contributed by atoms with Crippen LogP contribution in [0.1, 0.15) is 120 Å². The molecule has 6 aromatic rings. The van der Waals surface area contributed by atoms with Crippen molar-refractivity contribution in [2.45, 2.75) is 108 Å². The molecule has 6 aliphatic carbocycles. The molecule has 4 fully saturated rings. The summed E-state index contributed by atoms with van der Waals surface area (Å²) in [5.74, 6) is 5.01. The van der Waals surface area contributed by atoms with Crippen LogP contribution < -0.4 is 9.64 Å². The van der Waals surface area contributed by atoms with Gasteiger partial charge >= 0.3 is 0 Å². The number of hydrogen-bond acceptors (Lipinski definition) is 2. The molecule has 1 spiro atoms. The first kappa shape index (κ1) is 35.8. The Morgan fingerprint density at radius 1 is 0.475 bits per heavy atom. The van der Waals surface area contributed by atoms with Gasteiger partial charge in [-0.3, -0.25) is 0 Å². The van der Waals surface area contributed by atoms with Crippen LogP contribution in [0.3, 0.4) is 0 Å². The van der Waals surface area contributed by atoms with Crippen LogP contribution in [0.2, 0.25) is 0 Å². The lowest BCUT2D eigenvalue weighted by atomic mass is 9.41. The molecular weight excluding hydrogens is 715 g/mol. The second-order valence-corrected chi connectivity index (χ2v) is 21.2. The highest BCUT2D eigenvalue weighted by atomic mass is 16.5. The fraction of sp³-hybridized carbons (Fsp3) is 0.368. The number of rotatable bonds is 4. The van der Waals surface area contributed by atoms with Gasteiger partial charge in [0.05, 0.1) is 5.69 Å². The van der Waals surface area contributed by atoms with E-state index in [0.29, 0.717) is 11.8 Å². The van der Waals surface area contributed by atoms with Crippen LogP contribution in [0.15, 0.2) is 127 Å². The van der Waals surface area contributed by atoms with Crippen LogP contribution in [0.4, 0.5) is 17.1 Å². The molecule has 0 N–H and O–H groups in total. The van der Waals surface area contributed by atoms with Crippen molar-refractivity contribution in [3.8, 4) is 33.8 Å². The van der Waals surface area contributed by atoms with E-state index in [1.807, 2.05) is 0 Å². The van der Waals surface area contributed by atoms with Gasteiger partial charge in [0.15, 0.2) is 0 Å². The van der Waals surface area contributed by atoms with E-state index in [2.05, 4.69) is 174 Å². The molecular formula is C57H57NO. The van der Waals surface area contributed by atoms with Crippen molar-refractivity contribution in [1.29, 1.82) is 0 Å². The summed E-state index contributed by atoms with van der Waals surface area (Å²) in [5, 5.41) is 0. The second kappa shape index (κ2) is 12.2. The van der Waals surface area contributed by atoms with Gasteiger partial charge < -0.3 is 9.64 Å². The topological polar surface area (TPSA) is 12.5 Å². The van der Waals surface area contributed by atoms with Crippen LogP contribution in [0, 0.1) is 23.7 Å². The first-order valence-electron chi connectivity index (χ1n) is 22.6. The highest BCUT2D eigenvalue weighted by Gasteiger charge is 2.62. The lowest BCUT2D eigenvalue weighted by Gasteiger charge is -2.63. The number of anilines is 3. The van der Waals surface area contributed by atoms with E-state index in [-0.39, 0.29) is 21.7 Å². The van der Waals surface area contributed by atoms with Gasteiger partial charge in [-0.05, 0) is 166 Å². The molecule has 2 nitrogen and oxygen atoms in total. The molecule has 1 aliphatic heterocycles. The maximum Gasteiger partial charge on any atom is 0.132 e. The third-order valence-corrected chi connectivity index (χ3v) is 16.7. The zero-order chi connectivity index (χ0) is 40.1. The molecule has 0 aromatic heterocycles. The van der Waals surface area contributed by atoms with Crippen LogP contribution in [0.25, 0.3) is 22.3 Å². The molecule has 0 unspecified atom stereocenters. The molecule has 0 saturated heterocycles. The second-order valence-electron chi connectivity index (χ2n) is 21.2. The molecule has 4 bridgehead atoms. The summed E-state index contributed by atoms with van der Waals surface area (Å²) in [7, 11) is 0. The highest BCUT2D eigenvalue weighted by molar-refractivity contribution is 5.88. The number of fused-ring (bicyclic) bond motifs is 6. The maximum atomic E-state index is 7.17. The Morgan fingerprint density at radius 3 is 1.85 bits per heavy atom. The van der Waals surface area contributed by atoms with Gasteiger partial charge in [0, 0.05) is 33.3 Å². The Labute approximate surface area is 351 Å². The van der Waals surface area contributed by atoms with Crippen LogP contribution >= 0.6 is 0 Å². The van der Waals surface area contributed by atoms with Crippen molar-refractivity contribution < 1.29 is 4.74 Å². The standard InChI is InChI=1S/C57H57NO/c1-54(2)26-27-55(3,4)53-46(54)19-13-20-49(53)58(40-22-24-44-43-16-10-11-18-45(43)56(5,6)47(44)33-40)41-23-25-50-48(34-41)57(38-29-35-28-36(31-38)32-39(57)30-35)52-42(17-12-21-51(52)59-50)37-14-8-7-9-15-37/h7-25,33-36,38-39H,26-32H2,1-6H3. The van der Waals surface area contributed by atoms with Gasteiger partial charge in [-0.15, -0.1) is 0 Å². The molecule has 6 aromatic carbocycles. The van der Waals surface area contributed by atoms with E-state index in [1.54, 1.807) is 0 Å². The molecule has 296 valence electrons. The van der Waals surface area contributed by atoms with Crippen LogP contribution in [-0.2, 0) is 21.7 Å². The monoisotopic (exact) mass is 771 g/mol. The smallest absolute Gasteiger partial charge is 0.132 e. The van der Waals surface area contributed by atoms with Gasteiger partial charge in [0.1, 0.15) is 11.5 Å². The minimum absolute atomic E-state index is 0.0232. The van der Waals surface area contributed by atoms with Crippen molar-refractivity contribution in [3.05, 3.63) is 161 Å². The van der Waals surface area contributed by atoms with Crippen molar-refractivity contribution in [1.82, 2.24) is 0 Å². The Morgan fingerprint density at radius 2 is 1.08 bits per heavy atom. The lowest BCUT2D eigenvalue weighted by molar-refractivity contribution is -0.0449. The number of nitrogens with zero attached hydrogens (tertiary/aromatic N) is 1. The summed E-state index contributed by atoms with van der Waals surface area (Å²) in [4.78, 5) is 2.66. The zero-order valence-corrected chi connectivity index (χ0v) is 35.7. The van der Waals surface area contributed by atoms with E-state index in [1.165, 1.54) is 111 Å². The third-order valence-electron chi connectivity index (χ3n) is 16.7. The van der Waals surface area contributed by atoms with Gasteiger partial charge in [-0.1, -0.05) is 126 Å². The average Bonchev–Trinajstić information content (AvgIpc) is 3.46. The van der Waals surface area contributed by atoms with Crippen molar-refractivity contribution in [2.75, 3.05) is 4.90 Å². The highest BCUT2D eigenvalue weighted by Crippen LogP contribution is 2.70. The molecule has 59 heavy (non-hydrogen) atoms. The van der Waals surface area contributed by atoms with Crippen LogP contribution in [0.5, 0.6) is 11.5 Å². The number of hydrogen-bond donors (Lipinski definition) is 0. The van der Waals surface area contributed by atoms with E-state index in [0.717, 1.165) is 29.8 Å². The minimum Gasteiger partial charge on any atom is -0.457 e. The van der Waals surface area contributed by atoms with Gasteiger partial charge in [-0.2, -0.15) is 0 Å². The molecule has 0 radical (unpaired) electrons. The quantitative estimate of drug-likeness (QED) is 0.177. The fourth-order valence-electron chi connectivity index (χ4n) is 14.1. The van der Waals surface area contributed by atoms with Crippen molar-refractivity contribution in [3.63, 3.8) is 0 Å². The van der Waals surface area contributed by atoms with Gasteiger partial charge in [0.25, 0.3) is 0 Å². The number of ether oxygens (including phenoxy) is 1. The van der Waals surface area contributed by atoms with Crippen LogP contribution in [-0.4, -0.2) is 0 Å². The Balaban J connectivity index is 1.12. The predicted octanol–water partition coefficient (Wildman–Crippen LogP) is 15.3. The molecule has 0 atom stereocenters. The molecule has 1 heterocycles. The Kier molecular flexibility index (Phi) is 7.44. The molecule has 4 saturated carbocycles. The third kappa shape index (κ3) is 4.92. The Bertz CT molecular complexity index is 2670. The maximum absolute atomic E-state index is 7.17. The molecule has 2 heteroatoms. The first-order valence-corrected chi connectivity index (χ1v) is 22.6. The zero-order valence-electron chi connectivity index (χ0n) is 35.7.